The molecule has 5 heteroatoms. The molecule has 0 saturated carbocycles. The van der Waals surface area contributed by atoms with Gasteiger partial charge in [-0.3, -0.25) is 4.79 Å². The molecule has 1 heterocycles. The van der Waals surface area contributed by atoms with E-state index >= 15 is 0 Å². The number of nitrogens with two attached hydrogens (primary N) is 1. The van der Waals surface area contributed by atoms with Crippen molar-refractivity contribution in [2.75, 3.05) is 11.9 Å². The highest BCUT2D eigenvalue weighted by Gasteiger charge is 2.14. The van der Waals surface area contributed by atoms with Crippen LogP contribution in [0.3, 0.4) is 0 Å². The summed E-state index contributed by atoms with van der Waals surface area (Å²) < 4.78 is 5.53. The van der Waals surface area contributed by atoms with Gasteiger partial charge in [0.15, 0.2) is 0 Å². The molecular formula is C14H21ClN2O2. The summed E-state index contributed by atoms with van der Waals surface area (Å²) in [6, 6.07) is 5.32. The first kappa shape index (κ1) is 15.8. The molecule has 1 unspecified atom stereocenters. The average Bonchev–Trinajstić information content (AvgIpc) is 2.39. The number of fused-ring (bicyclic) bond motifs is 1. The first-order chi connectivity index (χ1) is 8.70. The van der Waals surface area contributed by atoms with Crippen LogP contribution in [0.5, 0.6) is 5.75 Å². The topological polar surface area (TPSA) is 64.4 Å². The molecule has 0 fully saturated rings. The highest BCUT2D eigenvalue weighted by Crippen LogP contribution is 2.27. The number of amides is 1. The highest BCUT2D eigenvalue weighted by atomic mass is 35.5. The number of aryl methyl sites for hydroxylation is 1. The van der Waals surface area contributed by atoms with E-state index in [2.05, 4.69) is 5.32 Å². The van der Waals surface area contributed by atoms with E-state index in [-0.39, 0.29) is 18.3 Å². The summed E-state index contributed by atoms with van der Waals surface area (Å²) in [5.41, 5.74) is 7.73. The van der Waals surface area contributed by atoms with Crippen molar-refractivity contribution in [2.24, 2.45) is 5.73 Å². The Labute approximate surface area is 120 Å². The van der Waals surface area contributed by atoms with Crippen molar-refractivity contribution < 1.29 is 9.53 Å². The van der Waals surface area contributed by atoms with Gasteiger partial charge in [0.05, 0.1) is 12.6 Å². The smallest absolute Gasteiger partial charge is 0.241 e. The second-order valence-corrected chi connectivity index (χ2v) is 4.66. The largest absolute Gasteiger partial charge is 0.493 e. The molecular weight excluding hydrogens is 264 g/mol. The molecule has 0 radical (unpaired) electrons. The first-order valence-electron chi connectivity index (χ1n) is 6.53. The lowest BCUT2D eigenvalue weighted by Gasteiger charge is -2.18. The van der Waals surface area contributed by atoms with E-state index in [1.165, 1.54) is 0 Å². The fourth-order valence-electron chi connectivity index (χ4n) is 2.12. The van der Waals surface area contributed by atoms with Crippen LogP contribution in [-0.2, 0) is 11.2 Å². The van der Waals surface area contributed by atoms with Crippen LogP contribution in [0.1, 0.15) is 31.7 Å². The standard InChI is InChI=1S/C14H20N2O2.ClH/c1-2-4-12(15)14(17)16-11-6-7-13-10(9-11)5-3-8-18-13;/h6-7,9,12H,2-5,8,15H2,1H3,(H,16,17);1H. The van der Waals surface area contributed by atoms with Crippen molar-refractivity contribution >= 4 is 24.0 Å². The Balaban J connectivity index is 0.00000180. The van der Waals surface area contributed by atoms with E-state index in [4.69, 9.17) is 10.5 Å². The zero-order valence-corrected chi connectivity index (χ0v) is 12.0. The molecule has 4 nitrogen and oxygen atoms in total. The molecule has 0 saturated heterocycles. The number of carbonyl (C=O) groups is 1. The Morgan fingerprint density at radius 3 is 3.05 bits per heavy atom. The van der Waals surface area contributed by atoms with Gasteiger partial charge in [-0.25, -0.2) is 0 Å². The molecule has 3 N–H and O–H groups in total. The molecule has 1 aliphatic heterocycles. The molecule has 0 spiro atoms. The lowest BCUT2D eigenvalue weighted by atomic mass is 10.1. The van der Waals surface area contributed by atoms with Crippen molar-refractivity contribution in [3.05, 3.63) is 23.8 Å². The summed E-state index contributed by atoms with van der Waals surface area (Å²) in [6.45, 7) is 2.80. The molecule has 0 aromatic heterocycles. The maximum absolute atomic E-state index is 11.8. The average molecular weight is 285 g/mol. The van der Waals surface area contributed by atoms with Crippen LogP contribution in [0.2, 0.25) is 0 Å². The van der Waals surface area contributed by atoms with Crippen molar-refractivity contribution in [2.45, 2.75) is 38.6 Å². The van der Waals surface area contributed by atoms with E-state index in [0.717, 1.165) is 42.9 Å². The van der Waals surface area contributed by atoms with Crippen LogP contribution in [0.4, 0.5) is 5.69 Å². The van der Waals surface area contributed by atoms with Gasteiger partial charge in [0.25, 0.3) is 0 Å². The lowest BCUT2D eigenvalue weighted by Crippen LogP contribution is -2.35. The maximum Gasteiger partial charge on any atom is 0.241 e. The van der Waals surface area contributed by atoms with E-state index in [1.54, 1.807) is 0 Å². The van der Waals surface area contributed by atoms with Gasteiger partial charge in [0, 0.05) is 5.69 Å². The van der Waals surface area contributed by atoms with Crippen LogP contribution in [0.15, 0.2) is 18.2 Å². The van der Waals surface area contributed by atoms with Crippen molar-refractivity contribution in [1.29, 1.82) is 0 Å². The minimum absolute atomic E-state index is 0. The van der Waals surface area contributed by atoms with Gasteiger partial charge >= 0.3 is 0 Å². The number of hydrogen-bond donors (Lipinski definition) is 2. The second kappa shape index (κ2) is 7.36. The van der Waals surface area contributed by atoms with E-state index in [9.17, 15) is 4.79 Å². The van der Waals surface area contributed by atoms with E-state index in [0.29, 0.717) is 6.42 Å². The third-order valence-corrected chi connectivity index (χ3v) is 3.11. The summed E-state index contributed by atoms with van der Waals surface area (Å²) in [4.78, 5) is 11.8. The quantitative estimate of drug-likeness (QED) is 0.893. The molecule has 1 amide bonds. The Morgan fingerprint density at radius 2 is 2.32 bits per heavy atom. The predicted molar refractivity (Wildman–Crippen MR) is 79.0 cm³/mol. The number of halogens is 1. The Morgan fingerprint density at radius 1 is 1.53 bits per heavy atom. The number of hydrogen-bond acceptors (Lipinski definition) is 3. The van der Waals surface area contributed by atoms with Gasteiger partial charge in [-0.1, -0.05) is 13.3 Å². The number of nitrogens with one attached hydrogen (secondary N) is 1. The summed E-state index contributed by atoms with van der Waals surface area (Å²) in [7, 11) is 0. The molecule has 0 bridgehead atoms. The van der Waals surface area contributed by atoms with E-state index in [1.807, 2.05) is 25.1 Å². The van der Waals surface area contributed by atoms with Crippen LogP contribution in [-0.4, -0.2) is 18.6 Å². The minimum atomic E-state index is -0.428. The Kier molecular flexibility index (Phi) is 6.12. The molecule has 0 aliphatic carbocycles. The maximum atomic E-state index is 11.8. The molecule has 2 rings (SSSR count). The molecule has 19 heavy (non-hydrogen) atoms. The monoisotopic (exact) mass is 284 g/mol. The zero-order chi connectivity index (χ0) is 13.0. The highest BCUT2D eigenvalue weighted by molar-refractivity contribution is 5.94. The normalized spacial score (nSPS) is 14.6. The number of anilines is 1. The Bertz CT molecular complexity index is 437. The molecule has 106 valence electrons. The molecule has 1 aromatic carbocycles. The van der Waals surface area contributed by atoms with Gasteiger partial charge in [0.2, 0.25) is 5.91 Å². The number of carbonyl (C=O) groups excluding carboxylic acids is 1. The predicted octanol–water partition coefficient (Wildman–Crippen LogP) is 2.50. The molecule has 1 atom stereocenters. The van der Waals surface area contributed by atoms with Crippen molar-refractivity contribution in [1.82, 2.24) is 0 Å². The molecule has 1 aliphatic rings. The molecule has 1 aromatic rings. The summed E-state index contributed by atoms with van der Waals surface area (Å²) in [6.07, 6.45) is 3.65. The minimum Gasteiger partial charge on any atom is -0.493 e. The number of benzene rings is 1. The van der Waals surface area contributed by atoms with Gasteiger partial charge in [-0.2, -0.15) is 0 Å². The summed E-state index contributed by atoms with van der Waals surface area (Å²) in [5.74, 6) is 0.811. The van der Waals surface area contributed by atoms with Crippen LogP contribution < -0.4 is 15.8 Å². The fraction of sp³-hybridized carbons (Fsp3) is 0.500. The zero-order valence-electron chi connectivity index (χ0n) is 11.1. The first-order valence-corrected chi connectivity index (χ1v) is 6.53. The van der Waals surface area contributed by atoms with Gasteiger partial charge < -0.3 is 15.8 Å². The third kappa shape index (κ3) is 4.11. The summed E-state index contributed by atoms with van der Waals surface area (Å²) >= 11 is 0. The van der Waals surface area contributed by atoms with Crippen LogP contribution in [0, 0.1) is 0 Å². The van der Waals surface area contributed by atoms with Crippen molar-refractivity contribution in [3.63, 3.8) is 0 Å². The van der Waals surface area contributed by atoms with Crippen LogP contribution in [0.25, 0.3) is 0 Å². The lowest BCUT2D eigenvalue weighted by molar-refractivity contribution is -0.117. The third-order valence-electron chi connectivity index (χ3n) is 3.11. The van der Waals surface area contributed by atoms with E-state index < -0.39 is 6.04 Å². The SMILES string of the molecule is CCCC(N)C(=O)Nc1ccc2c(c1)CCCO2.Cl. The number of rotatable bonds is 4. The van der Waals surface area contributed by atoms with Crippen molar-refractivity contribution in [3.8, 4) is 5.75 Å². The van der Waals surface area contributed by atoms with Gasteiger partial charge in [-0.05, 0) is 43.0 Å². The fourth-order valence-corrected chi connectivity index (χ4v) is 2.12. The van der Waals surface area contributed by atoms with Gasteiger partial charge in [-0.15, -0.1) is 12.4 Å². The second-order valence-electron chi connectivity index (χ2n) is 4.66. The number of ether oxygens (including phenoxy) is 1. The Hall–Kier alpha value is -1.26. The summed E-state index contributed by atoms with van der Waals surface area (Å²) in [5, 5.41) is 2.86. The van der Waals surface area contributed by atoms with Gasteiger partial charge in [0.1, 0.15) is 5.75 Å². The van der Waals surface area contributed by atoms with Crippen LogP contribution >= 0.6 is 12.4 Å².